The van der Waals surface area contributed by atoms with E-state index < -0.39 is 0 Å². The van der Waals surface area contributed by atoms with E-state index in [1.165, 1.54) is 7.11 Å². The summed E-state index contributed by atoms with van der Waals surface area (Å²) in [6.45, 7) is 0.728. The van der Waals surface area contributed by atoms with E-state index in [4.69, 9.17) is 4.74 Å². The first kappa shape index (κ1) is 11.4. The molecule has 4 nitrogen and oxygen atoms in total. The monoisotopic (exact) mass is 175 g/mol. The van der Waals surface area contributed by atoms with Gasteiger partial charge in [0.1, 0.15) is 0 Å². The average Bonchev–Trinajstić information content (AvgIpc) is 2.02. The Bertz CT molecular complexity index is 136. The fourth-order valence-corrected chi connectivity index (χ4v) is 0.899. The maximum Gasteiger partial charge on any atom is 0.308 e. The Balaban J connectivity index is 3.74. The molecular formula is C8H17NO3. The van der Waals surface area contributed by atoms with Crippen molar-refractivity contribution in [2.45, 2.75) is 12.5 Å². The first-order valence-corrected chi connectivity index (χ1v) is 3.84. The normalized spacial score (nSPS) is 13.1. The van der Waals surface area contributed by atoms with Gasteiger partial charge in [-0.2, -0.15) is 0 Å². The second kappa shape index (κ2) is 5.97. The molecule has 0 bridgehead atoms. The number of hydrogen-bond donors (Lipinski definition) is 0. The minimum absolute atomic E-state index is 0.0764. The smallest absolute Gasteiger partial charge is 0.308 e. The summed E-state index contributed by atoms with van der Waals surface area (Å²) in [6, 6.07) is 0. The maximum absolute atomic E-state index is 10.8. The molecule has 0 aliphatic rings. The highest BCUT2D eigenvalue weighted by Crippen LogP contribution is 1.99. The number of methoxy groups -OCH3 is 2. The van der Waals surface area contributed by atoms with Crippen molar-refractivity contribution < 1.29 is 14.3 Å². The van der Waals surface area contributed by atoms with Gasteiger partial charge in [0.25, 0.3) is 0 Å². The molecule has 0 rings (SSSR count). The van der Waals surface area contributed by atoms with Crippen LogP contribution >= 0.6 is 0 Å². The molecule has 0 heterocycles. The Morgan fingerprint density at radius 1 is 1.42 bits per heavy atom. The van der Waals surface area contributed by atoms with E-state index in [1.54, 1.807) is 7.11 Å². The van der Waals surface area contributed by atoms with Gasteiger partial charge >= 0.3 is 5.97 Å². The summed E-state index contributed by atoms with van der Waals surface area (Å²) < 4.78 is 9.62. The van der Waals surface area contributed by atoms with Crippen molar-refractivity contribution >= 4 is 5.97 Å². The van der Waals surface area contributed by atoms with Gasteiger partial charge in [0, 0.05) is 13.7 Å². The van der Waals surface area contributed by atoms with E-state index in [9.17, 15) is 4.79 Å². The lowest BCUT2D eigenvalue weighted by molar-refractivity contribution is -0.143. The molecule has 0 N–H and O–H groups in total. The van der Waals surface area contributed by atoms with Crippen LogP contribution < -0.4 is 0 Å². The number of carbonyl (C=O) groups excluding carboxylic acids is 1. The highest BCUT2D eigenvalue weighted by atomic mass is 16.5. The van der Waals surface area contributed by atoms with Gasteiger partial charge in [0.15, 0.2) is 0 Å². The molecule has 0 aromatic rings. The average molecular weight is 175 g/mol. The van der Waals surface area contributed by atoms with Crippen molar-refractivity contribution in [3.05, 3.63) is 0 Å². The lowest BCUT2D eigenvalue weighted by Crippen LogP contribution is -2.29. The van der Waals surface area contributed by atoms with E-state index in [-0.39, 0.29) is 12.1 Å². The molecule has 0 saturated carbocycles. The number of carbonyl (C=O) groups is 1. The zero-order chi connectivity index (χ0) is 9.56. The lowest BCUT2D eigenvalue weighted by Gasteiger charge is -2.18. The van der Waals surface area contributed by atoms with Crippen molar-refractivity contribution in [2.75, 3.05) is 34.9 Å². The van der Waals surface area contributed by atoms with Crippen LogP contribution in [0, 0.1) is 0 Å². The second-order valence-electron chi connectivity index (χ2n) is 2.90. The Kier molecular flexibility index (Phi) is 5.66. The number of likely N-dealkylation sites (N-methyl/N-ethyl adjacent to an activating group) is 1. The fourth-order valence-electron chi connectivity index (χ4n) is 0.899. The Hall–Kier alpha value is -0.610. The molecule has 0 aliphatic carbocycles. The summed E-state index contributed by atoms with van der Waals surface area (Å²) in [5, 5.41) is 0. The van der Waals surface area contributed by atoms with Crippen molar-refractivity contribution in [1.82, 2.24) is 4.90 Å². The predicted molar refractivity (Wildman–Crippen MR) is 46.0 cm³/mol. The summed E-state index contributed by atoms with van der Waals surface area (Å²) in [7, 11) is 6.84. The first-order valence-electron chi connectivity index (χ1n) is 3.84. The van der Waals surface area contributed by atoms with Crippen LogP contribution in [-0.2, 0) is 14.3 Å². The van der Waals surface area contributed by atoms with Crippen LogP contribution in [-0.4, -0.2) is 51.8 Å². The maximum atomic E-state index is 10.8. The molecule has 0 spiro atoms. The van der Waals surface area contributed by atoms with Crippen LogP contribution in [0.1, 0.15) is 6.42 Å². The van der Waals surface area contributed by atoms with Gasteiger partial charge in [-0.25, -0.2) is 0 Å². The minimum atomic E-state index is -0.233. The van der Waals surface area contributed by atoms with Crippen LogP contribution in [0.25, 0.3) is 0 Å². The largest absolute Gasteiger partial charge is 0.469 e. The van der Waals surface area contributed by atoms with E-state index in [0.717, 1.165) is 6.54 Å². The molecule has 0 fully saturated rings. The topological polar surface area (TPSA) is 38.8 Å². The van der Waals surface area contributed by atoms with E-state index in [0.29, 0.717) is 6.42 Å². The van der Waals surface area contributed by atoms with Crippen LogP contribution in [0.4, 0.5) is 0 Å². The van der Waals surface area contributed by atoms with Crippen LogP contribution in [0.15, 0.2) is 0 Å². The van der Waals surface area contributed by atoms with Crippen LogP contribution in [0.3, 0.4) is 0 Å². The molecule has 12 heavy (non-hydrogen) atoms. The lowest BCUT2D eigenvalue weighted by atomic mass is 10.2. The number of rotatable bonds is 5. The summed E-state index contributed by atoms with van der Waals surface area (Å²) >= 11 is 0. The van der Waals surface area contributed by atoms with Gasteiger partial charge in [-0.1, -0.05) is 0 Å². The second-order valence-corrected chi connectivity index (χ2v) is 2.90. The highest BCUT2D eigenvalue weighted by Gasteiger charge is 2.13. The molecule has 0 amide bonds. The van der Waals surface area contributed by atoms with Crippen LogP contribution in [0.2, 0.25) is 0 Å². The molecule has 0 aromatic heterocycles. The van der Waals surface area contributed by atoms with Gasteiger partial charge in [-0.15, -0.1) is 0 Å². The quantitative estimate of drug-likeness (QED) is 0.557. The van der Waals surface area contributed by atoms with Crippen LogP contribution in [0.5, 0.6) is 0 Å². The summed E-state index contributed by atoms with van der Waals surface area (Å²) in [5.74, 6) is -0.233. The van der Waals surface area contributed by atoms with Crippen molar-refractivity contribution in [3.8, 4) is 0 Å². The Morgan fingerprint density at radius 2 is 2.00 bits per heavy atom. The molecule has 0 unspecified atom stereocenters. The molecule has 0 radical (unpaired) electrons. The molecule has 0 saturated heterocycles. The van der Waals surface area contributed by atoms with E-state index in [2.05, 4.69) is 4.74 Å². The number of esters is 1. The number of nitrogens with zero attached hydrogens (tertiary/aromatic N) is 1. The van der Waals surface area contributed by atoms with E-state index in [1.807, 2.05) is 19.0 Å². The zero-order valence-corrected chi connectivity index (χ0v) is 8.16. The number of hydrogen-bond acceptors (Lipinski definition) is 4. The summed E-state index contributed by atoms with van der Waals surface area (Å²) in [5.41, 5.74) is 0. The van der Waals surface area contributed by atoms with Gasteiger partial charge in [-0.05, 0) is 14.1 Å². The van der Waals surface area contributed by atoms with Gasteiger partial charge < -0.3 is 14.4 Å². The Morgan fingerprint density at radius 3 is 2.33 bits per heavy atom. The standard InChI is InChI=1S/C8H17NO3/c1-9(2)6-7(11-3)5-8(10)12-4/h7H,5-6H2,1-4H3/t7-/m0/s1. The summed E-state index contributed by atoms with van der Waals surface area (Å²) in [6.07, 6.45) is 0.234. The third-order valence-corrected chi connectivity index (χ3v) is 1.52. The fraction of sp³-hybridized carbons (Fsp3) is 0.875. The first-order chi connectivity index (χ1) is 5.60. The molecule has 0 aliphatic heterocycles. The minimum Gasteiger partial charge on any atom is -0.469 e. The highest BCUT2D eigenvalue weighted by molar-refractivity contribution is 5.69. The van der Waals surface area contributed by atoms with Gasteiger partial charge in [0.05, 0.1) is 19.6 Å². The van der Waals surface area contributed by atoms with Crippen molar-refractivity contribution in [2.24, 2.45) is 0 Å². The molecule has 4 heteroatoms. The molecule has 0 aromatic carbocycles. The van der Waals surface area contributed by atoms with Crippen molar-refractivity contribution in [1.29, 1.82) is 0 Å². The zero-order valence-electron chi connectivity index (χ0n) is 8.16. The predicted octanol–water partition coefficient (Wildman–Crippen LogP) is 0.126. The SMILES string of the molecule is COC(=O)C[C@@H](CN(C)C)OC. The molecule has 72 valence electrons. The Labute approximate surface area is 73.4 Å². The number of ether oxygens (including phenoxy) is 2. The summed E-state index contributed by atoms with van der Waals surface area (Å²) in [4.78, 5) is 12.8. The van der Waals surface area contributed by atoms with Crippen molar-refractivity contribution in [3.63, 3.8) is 0 Å². The van der Waals surface area contributed by atoms with Gasteiger partial charge in [-0.3, -0.25) is 4.79 Å². The molecule has 1 atom stereocenters. The van der Waals surface area contributed by atoms with E-state index >= 15 is 0 Å². The molecular weight excluding hydrogens is 158 g/mol. The third-order valence-electron chi connectivity index (χ3n) is 1.52. The van der Waals surface area contributed by atoms with Gasteiger partial charge in [0.2, 0.25) is 0 Å². The third kappa shape index (κ3) is 5.09.